The second kappa shape index (κ2) is 8.01. The molecule has 0 radical (unpaired) electrons. The van der Waals surface area contributed by atoms with Crippen molar-refractivity contribution in [2.75, 3.05) is 23.9 Å². The van der Waals surface area contributed by atoms with E-state index in [1.165, 1.54) is 11.8 Å². The Labute approximate surface area is 155 Å². The lowest BCUT2D eigenvalue weighted by Crippen LogP contribution is -2.12. The molecule has 134 valence electrons. The fraction of sp³-hybridized carbons (Fsp3) is 0.222. The van der Waals surface area contributed by atoms with Crippen molar-refractivity contribution in [3.63, 3.8) is 0 Å². The number of pyridine rings is 1. The molecular weight excluding hydrogens is 350 g/mol. The smallest absolute Gasteiger partial charge is 0.344 e. The van der Waals surface area contributed by atoms with E-state index < -0.39 is 5.97 Å². The number of carbonyl (C=O) groups excluding carboxylic acids is 1. The van der Waals surface area contributed by atoms with E-state index in [2.05, 4.69) is 20.3 Å². The zero-order valence-corrected chi connectivity index (χ0v) is 15.3. The van der Waals surface area contributed by atoms with Gasteiger partial charge in [-0.1, -0.05) is 42.1 Å². The molecule has 0 saturated heterocycles. The largest absolute Gasteiger partial charge is 0.462 e. The molecule has 3 N–H and O–H groups in total. The molecule has 0 aliphatic carbocycles. The lowest BCUT2D eigenvalue weighted by molar-refractivity contribution is 0.0529. The normalized spacial score (nSPS) is 10.7. The van der Waals surface area contributed by atoms with Crippen molar-refractivity contribution in [1.82, 2.24) is 15.0 Å². The summed E-state index contributed by atoms with van der Waals surface area (Å²) in [5, 5.41) is 4.45. The minimum absolute atomic E-state index is 0.0933. The Hall–Kier alpha value is -2.87. The number of carbonyl (C=O) groups is 1. The minimum atomic E-state index is -0.539. The molecular formula is C18H19N5O2S. The average Bonchev–Trinajstić information content (AvgIpc) is 2.66. The fourth-order valence-electron chi connectivity index (χ4n) is 2.49. The molecule has 0 saturated carbocycles. The van der Waals surface area contributed by atoms with Crippen LogP contribution in [0.2, 0.25) is 0 Å². The van der Waals surface area contributed by atoms with Crippen LogP contribution in [0.15, 0.2) is 41.7 Å². The average molecular weight is 369 g/mol. The minimum Gasteiger partial charge on any atom is -0.462 e. The van der Waals surface area contributed by atoms with E-state index in [0.717, 1.165) is 5.56 Å². The lowest BCUT2D eigenvalue weighted by Gasteiger charge is -2.13. The summed E-state index contributed by atoms with van der Waals surface area (Å²) in [5.41, 5.74) is 7.64. The van der Waals surface area contributed by atoms with Gasteiger partial charge in [-0.2, -0.15) is 0 Å². The molecule has 8 heteroatoms. The van der Waals surface area contributed by atoms with Crippen molar-refractivity contribution >= 4 is 40.3 Å². The zero-order valence-electron chi connectivity index (χ0n) is 14.5. The van der Waals surface area contributed by atoms with Gasteiger partial charge in [0.05, 0.1) is 17.5 Å². The number of fused-ring (bicyclic) bond motifs is 1. The number of nitrogens with one attached hydrogen (secondary N) is 1. The predicted octanol–water partition coefficient (Wildman–Crippen LogP) is 3.12. The van der Waals surface area contributed by atoms with Crippen LogP contribution in [0.25, 0.3) is 10.9 Å². The molecule has 0 spiro atoms. The number of aromatic nitrogens is 3. The molecule has 26 heavy (non-hydrogen) atoms. The number of esters is 1. The van der Waals surface area contributed by atoms with Crippen molar-refractivity contribution in [1.29, 1.82) is 0 Å². The topological polar surface area (TPSA) is 103 Å². The zero-order chi connectivity index (χ0) is 18.5. The maximum Gasteiger partial charge on any atom is 0.344 e. The second-order valence-electron chi connectivity index (χ2n) is 5.40. The molecule has 3 aromatic rings. The molecule has 0 aliphatic heterocycles. The standard InChI is InChI=1S/C18H19N5O2S/c1-3-25-17(24)13-14-12(10-20-15(13)19)16(23-18(22-14)26-2)21-9-11-7-5-4-6-8-11/h4-8,10H,3,9H2,1-2H3,(H2,19,20)(H,21,22,23). The Bertz CT molecular complexity index is 934. The third-order valence-corrected chi connectivity index (χ3v) is 4.26. The molecule has 0 aliphatic rings. The number of hydrogen-bond donors (Lipinski definition) is 2. The first-order valence-corrected chi connectivity index (χ1v) is 9.31. The van der Waals surface area contributed by atoms with Gasteiger partial charge in [0.15, 0.2) is 5.16 Å². The quantitative estimate of drug-likeness (QED) is 0.388. The molecule has 0 amide bonds. The van der Waals surface area contributed by atoms with E-state index in [9.17, 15) is 4.79 Å². The first kappa shape index (κ1) is 17.9. The molecule has 7 nitrogen and oxygen atoms in total. The second-order valence-corrected chi connectivity index (χ2v) is 6.17. The first-order valence-electron chi connectivity index (χ1n) is 8.09. The predicted molar refractivity (Wildman–Crippen MR) is 103 cm³/mol. The number of ether oxygens (including phenoxy) is 1. The number of anilines is 2. The number of hydrogen-bond acceptors (Lipinski definition) is 8. The lowest BCUT2D eigenvalue weighted by atomic mass is 10.1. The van der Waals surface area contributed by atoms with Crippen molar-refractivity contribution in [2.24, 2.45) is 0 Å². The van der Waals surface area contributed by atoms with E-state index >= 15 is 0 Å². The SMILES string of the molecule is CCOC(=O)c1c(N)ncc2c(NCc3ccccc3)nc(SC)nc12. The van der Waals surface area contributed by atoms with Crippen LogP contribution in [0.3, 0.4) is 0 Å². The highest BCUT2D eigenvalue weighted by Crippen LogP contribution is 2.28. The van der Waals surface area contributed by atoms with Gasteiger partial charge < -0.3 is 15.8 Å². The molecule has 2 heterocycles. The van der Waals surface area contributed by atoms with Crippen LogP contribution in [0, 0.1) is 0 Å². The van der Waals surface area contributed by atoms with Gasteiger partial charge in [-0.15, -0.1) is 0 Å². The van der Waals surface area contributed by atoms with Gasteiger partial charge >= 0.3 is 5.97 Å². The fourth-order valence-corrected chi connectivity index (χ4v) is 2.86. The summed E-state index contributed by atoms with van der Waals surface area (Å²) < 4.78 is 5.11. The van der Waals surface area contributed by atoms with Crippen LogP contribution in [0.1, 0.15) is 22.8 Å². The first-order chi connectivity index (χ1) is 12.6. The third kappa shape index (κ3) is 3.70. The maximum atomic E-state index is 12.3. The third-order valence-electron chi connectivity index (χ3n) is 3.72. The van der Waals surface area contributed by atoms with Crippen molar-refractivity contribution in [3.05, 3.63) is 47.7 Å². The Morgan fingerprint density at radius 1 is 1.27 bits per heavy atom. The van der Waals surface area contributed by atoms with Crippen LogP contribution >= 0.6 is 11.8 Å². The van der Waals surface area contributed by atoms with E-state index in [1.807, 2.05) is 36.6 Å². The number of rotatable bonds is 6. The number of thioether (sulfide) groups is 1. The highest BCUT2D eigenvalue weighted by atomic mass is 32.2. The van der Waals surface area contributed by atoms with Crippen LogP contribution < -0.4 is 11.1 Å². The number of nitrogens with two attached hydrogens (primary N) is 1. The van der Waals surface area contributed by atoms with Crippen molar-refractivity contribution in [2.45, 2.75) is 18.6 Å². The molecule has 3 rings (SSSR count). The number of nitrogens with zero attached hydrogens (tertiary/aromatic N) is 3. The molecule has 0 fully saturated rings. The van der Waals surface area contributed by atoms with Gasteiger partial charge in [-0.05, 0) is 18.7 Å². The van der Waals surface area contributed by atoms with Crippen LogP contribution in [-0.2, 0) is 11.3 Å². The molecule has 0 atom stereocenters. The Kier molecular flexibility index (Phi) is 5.52. The highest BCUT2D eigenvalue weighted by Gasteiger charge is 2.20. The summed E-state index contributed by atoms with van der Waals surface area (Å²) >= 11 is 1.38. The summed E-state index contributed by atoms with van der Waals surface area (Å²) in [4.78, 5) is 25.5. The Morgan fingerprint density at radius 3 is 2.73 bits per heavy atom. The Morgan fingerprint density at radius 2 is 2.04 bits per heavy atom. The maximum absolute atomic E-state index is 12.3. The van der Waals surface area contributed by atoms with E-state index in [-0.39, 0.29) is 18.0 Å². The van der Waals surface area contributed by atoms with E-state index in [4.69, 9.17) is 10.5 Å². The molecule has 2 aromatic heterocycles. The van der Waals surface area contributed by atoms with E-state index in [1.54, 1.807) is 13.1 Å². The summed E-state index contributed by atoms with van der Waals surface area (Å²) in [7, 11) is 0. The summed E-state index contributed by atoms with van der Waals surface area (Å²) in [6.07, 6.45) is 3.45. The summed E-state index contributed by atoms with van der Waals surface area (Å²) in [5.74, 6) is 0.153. The summed E-state index contributed by atoms with van der Waals surface area (Å²) in [6.45, 7) is 2.57. The van der Waals surface area contributed by atoms with Gasteiger partial charge in [0.2, 0.25) is 0 Å². The van der Waals surface area contributed by atoms with Gasteiger partial charge in [0.25, 0.3) is 0 Å². The molecule has 0 unspecified atom stereocenters. The highest BCUT2D eigenvalue weighted by molar-refractivity contribution is 7.98. The van der Waals surface area contributed by atoms with Gasteiger partial charge in [-0.25, -0.2) is 19.7 Å². The number of benzene rings is 1. The number of nitrogen functional groups attached to an aromatic ring is 1. The molecule has 0 bridgehead atoms. The molecule has 1 aromatic carbocycles. The van der Waals surface area contributed by atoms with E-state index in [0.29, 0.717) is 28.4 Å². The van der Waals surface area contributed by atoms with Crippen molar-refractivity contribution < 1.29 is 9.53 Å². The van der Waals surface area contributed by atoms with Gasteiger partial charge in [0, 0.05) is 12.7 Å². The Balaban J connectivity index is 2.08. The summed E-state index contributed by atoms with van der Waals surface area (Å²) in [6, 6.07) is 9.96. The monoisotopic (exact) mass is 369 g/mol. The van der Waals surface area contributed by atoms with Crippen LogP contribution in [0.5, 0.6) is 0 Å². The van der Waals surface area contributed by atoms with Crippen LogP contribution in [-0.4, -0.2) is 33.8 Å². The van der Waals surface area contributed by atoms with Gasteiger partial charge in [0.1, 0.15) is 17.2 Å². The van der Waals surface area contributed by atoms with Crippen molar-refractivity contribution in [3.8, 4) is 0 Å². The van der Waals surface area contributed by atoms with Crippen LogP contribution in [0.4, 0.5) is 11.6 Å². The van der Waals surface area contributed by atoms with Gasteiger partial charge in [-0.3, -0.25) is 0 Å².